The minimum atomic E-state index is -5.08. The lowest BCUT2D eigenvalue weighted by atomic mass is 10.0. The van der Waals surface area contributed by atoms with E-state index in [0.717, 1.165) is 31.7 Å². The molecule has 1 unspecified atom stereocenters. The number of halogens is 6. The summed E-state index contributed by atoms with van der Waals surface area (Å²) in [5.41, 5.74) is 0. The number of hydrazine groups is 1. The second-order valence-electron chi connectivity index (χ2n) is 8.72. The Hall–Kier alpha value is -2.86. The molecule has 0 aromatic heterocycles. The number of morpholine rings is 1. The second-order valence-corrected chi connectivity index (χ2v) is 9.91. The summed E-state index contributed by atoms with van der Waals surface area (Å²) >= 11 is 1.49. The van der Waals surface area contributed by atoms with Crippen LogP contribution < -0.4 is 5.84 Å². The number of amides is 2. The lowest BCUT2D eigenvalue weighted by Gasteiger charge is -2.37. The van der Waals surface area contributed by atoms with Gasteiger partial charge in [-0.25, -0.2) is 14.6 Å². The summed E-state index contributed by atoms with van der Waals surface area (Å²) in [7, 11) is 0. The van der Waals surface area contributed by atoms with Crippen molar-refractivity contribution in [2.24, 2.45) is 5.84 Å². The van der Waals surface area contributed by atoms with Gasteiger partial charge in [0.1, 0.15) is 0 Å². The summed E-state index contributed by atoms with van der Waals surface area (Å²) in [6.45, 7) is 5.35. The van der Waals surface area contributed by atoms with E-state index in [2.05, 4.69) is 11.0 Å². The second kappa shape index (κ2) is 16.5. The molecule has 0 radical (unpaired) electrons. The standard InChI is InChI=1S/C17H28N6O3S.2C2HF3O2/c18-11-17-22(7-10-27-17)16(25)13-23(19)14-1-3-20(4-2-14)12-15(24)21-5-8-26-9-6-21;2*3-2(4,5)1(6)7/h14,17H,1-10,12-13,19H2;2*(H,6,7). The molecule has 2 amide bonds. The molecule has 3 saturated heterocycles. The Balaban J connectivity index is 0.000000497. The highest BCUT2D eigenvalue weighted by Crippen LogP contribution is 2.23. The van der Waals surface area contributed by atoms with E-state index in [1.807, 2.05) is 4.90 Å². The molecule has 41 heavy (non-hydrogen) atoms. The molecule has 20 heteroatoms. The van der Waals surface area contributed by atoms with Gasteiger partial charge in [0.15, 0.2) is 5.37 Å². The Labute approximate surface area is 234 Å². The summed E-state index contributed by atoms with van der Waals surface area (Å²) in [5, 5.41) is 24.6. The number of rotatable bonds is 5. The van der Waals surface area contributed by atoms with E-state index in [4.69, 9.17) is 35.6 Å². The maximum absolute atomic E-state index is 12.4. The monoisotopic (exact) mass is 624 g/mol. The van der Waals surface area contributed by atoms with Crippen LogP contribution in [-0.2, 0) is 23.9 Å². The zero-order valence-electron chi connectivity index (χ0n) is 21.6. The number of alkyl halides is 6. The quantitative estimate of drug-likeness (QED) is 0.215. The Morgan fingerprint density at radius 2 is 1.41 bits per heavy atom. The van der Waals surface area contributed by atoms with Crippen molar-refractivity contribution in [2.45, 2.75) is 36.6 Å². The predicted molar refractivity (Wildman–Crippen MR) is 129 cm³/mol. The predicted octanol–water partition coefficient (Wildman–Crippen LogP) is 0.177. The highest BCUT2D eigenvalue weighted by atomic mass is 32.2. The van der Waals surface area contributed by atoms with Crippen LogP contribution in [0.2, 0.25) is 0 Å². The molecule has 0 bridgehead atoms. The van der Waals surface area contributed by atoms with Crippen molar-refractivity contribution in [3.8, 4) is 6.07 Å². The maximum Gasteiger partial charge on any atom is 0.490 e. The van der Waals surface area contributed by atoms with Crippen LogP contribution in [0.5, 0.6) is 0 Å². The minimum absolute atomic E-state index is 0.0843. The molecule has 0 aliphatic carbocycles. The Morgan fingerprint density at radius 1 is 0.927 bits per heavy atom. The summed E-state index contributed by atoms with van der Waals surface area (Å²) in [5.74, 6) is 1.51. The van der Waals surface area contributed by atoms with Gasteiger partial charge in [-0.1, -0.05) is 0 Å². The first-order chi connectivity index (χ1) is 19.0. The van der Waals surface area contributed by atoms with Crippen molar-refractivity contribution in [1.29, 1.82) is 5.26 Å². The number of carbonyl (C=O) groups excluding carboxylic acids is 2. The van der Waals surface area contributed by atoms with Crippen molar-refractivity contribution in [3.05, 3.63) is 0 Å². The van der Waals surface area contributed by atoms with E-state index < -0.39 is 24.3 Å². The molecule has 3 heterocycles. The van der Waals surface area contributed by atoms with Crippen LogP contribution in [-0.4, -0.2) is 142 Å². The lowest BCUT2D eigenvalue weighted by molar-refractivity contribution is -0.193. The molecule has 0 saturated carbocycles. The number of piperidine rings is 1. The van der Waals surface area contributed by atoms with Crippen LogP contribution in [0.1, 0.15) is 12.8 Å². The Morgan fingerprint density at radius 3 is 1.85 bits per heavy atom. The van der Waals surface area contributed by atoms with Gasteiger partial charge in [0.25, 0.3) is 0 Å². The smallest absolute Gasteiger partial charge is 0.475 e. The summed E-state index contributed by atoms with van der Waals surface area (Å²) in [6, 6.07) is 2.28. The normalized spacial score (nSPS) is 20.3. The van der Waals surface area contributed by atoms with Gasteiger partial charge in [-0.05, 0) is 12.8 Å². The van der Waals surface area contributed by atoms with E-state index >= 15 is 0 Å². The van der Waals surface area contributed by atoms with Crippen LogP contribution in [0.4, 0.5) is 26.3 Å². The van der Waals surface area contributed by atoms with E-state index in [1.54, 1.807) is 9.91 Å². The van der Waals surface area contributed by atoms with Crippen molar-refractivity contribution in [1.82, 2.24) is 19.7 Å². The van der Waals surface area contributed by atoms with Gasteiger partial charge in [-0.15, -0.1) is 11.8 Å². The fourth-order valence-electron chi connectivity index (χ4n) is 3.72. The summed E-state index contributed by atoms with van der Waals surface area (Å²) in [4.78, 5) is 48.2. The van der Waals surface area contributed by atoms with Crippen LogP contribution in [0.3, 0.4) is 0 Å². The highest BCUT2D eigenvalue weighted by molar-refractivity contribution is 8.00. The molecule has 3 aliphatic heterocycles. The zero-order chi connectivity index (χ0) is 31.4. The lowest BCUT2D eigenvalue weighted by Crippen LogP contribution is -2.53. The maximum atomic E-state index is 12.4. The SMILES string of the molecule is N#CC1SCCN1C(=O)CN(N)C1CCN(CC(=O)N2CCOCC2)CC1.O=C(O)C(F)(F)F.O=C(O)C(F)(F)F. The molecule has 3 aliphatic rings. The zero-order valence-corrected chi connectivity index (χ0v) is 22.4. The number of nitrogens with zero attached hydrogens (tertiary/aromatic N) is 5. The number of hydrogen-bond donors (Lipinski definition) is 3. The molecular formula is C21H30F6N6O7S. The molecule has 13 nitrogen and oxygen atoms in total. The van der Waals surface area contributed by atoms with Gasteiger partial charge in [-0.2, -0.15) is 31.6 Å². The summed E-state index contributed by atoms with van der Waals surface area (Å²) < 4.78 is 68.8. The van der Waals surface area contributed by atoms with Crippen molar-refractivity contribution >= 4 is 35.5 Å². The van der Waals surface area contributed by atoms with Crippen LogP contribution >= 0.6 is 11.8 Å². The highest BCUT2D eigenvalue weighted by Gasteiger charge is 2.39. The molecule has 0 aromatic carbocycles. The fraction of sp³-hybridized carbons (Fsp3) is 0.762. The van der Waals surface area contributed by atoms with Gasteiger partial charge >= 0.3 is 24.3 Å². The third kappa shape index (κ3) is 13.1. The van der Waals surface area contributed by atoms with Crippen molar-refractivity contribution < 1.29 is 60.5 Å². The van der Waals surface area contributed by atoms with Crippen molar-refractivity contribution in [2.75, 3.05) is 64.8 Å². The van der Waals surface area contributed by atoms with Crippen LogP contribution in [0.15, 0.2) is 0 Å². The van der Waals surface area contributed by atoms with Gasteiger partial charge in [0, 0.05) is 44.5 Å². The fourth-order valence-corrected chi connectivity index (χ4v) is 4.72. The number of ether oxygens (including phenoxy) is 1. The van der Waals surface area contributed by atoms with Crippen molar-refractivity contribution in [3.63, 3.8) is 0 Å². The van der Waals surface area contributed by atoms with E-state index in [9.17, 15) is 35.9 Å². The number of aliphatic carboxylic acids is 2. The van der Waals surface area contributed by atoms with Gasteiger partial charge in [0.2, 0.25) is 11.8 Å². The van der Waals surface area contributed by atoms with E-state index in [0.29, 0.717) is 39.4 Å². The van der Waals surface area contributed by atoms with Gasteiger partial charge < -0.3 is 24.7 Å². The minimum Gasteiger partial charge on any atom is -0.475 e. The molecular weight excluding hydrogens is 594 g/mol. The Kier molecular flexibility index (Phi) is 14.6. The number of carboxylic acids is 2. The Bertz CT molecular complexity index is 913. The molecule has 1 atom stereocenters. The topological polar surface area (TPSA) is 181 Å². The number of nitrogens with two attached hydrogens (primary N) is 1. The average molecular weight is 625 g/mol. The summed E-state index contributed by atoms with van der Waals surface area (Å²) in [6.07, 6.45) is -8.51. The molecule has 0 spiro atoms. The van der Waals surface area contributed by atoms with Gasteiger partial charge in [0.05, 0.1) is 32.4 Å². The van der Waals surface area contributed by atoms with Crippen LogP contribution in [0, 0.1) is 11.3 Å². The van der Waals surface area contributed by atoms with E-state index in [1.165, 1.54) is 11.8 Å². The number of carbonyl (C=O) groups is 4. The molecule has 0 aromatic rings. The first-order valence-corrected chi connectivity index (χ1v) is 13.0. The number of carboxylic acid groups (broad SMARTS) is 2. The first-order valence-electron chi connectivity index (χ1n) is 12.0. The molecule has 4 N–H and O–H groups in total. The van der Waals surface area contributed by atoms with E-state index in [-0.39, 0.29) is 29.8 Å². The number of nitriles is 1. The first kappa shape index (κ1) is 36.2. The average Bonchev–Trinajstić information content (AvgIpc) is 3.38. The number of thioether (sulfide) groups is 1. The number of likely N-dealkylation sites (tertiary alicyclic amines) is 1. The number of hydrogen-bond acceptors (Lipinski definition) is 10. The largest absolute Gasteiger partial charge is 0.490 e. The molecule has 3 rings (SSSR count). The third-order valence-corrected chi connectivity index (χ3v) is 6.97. The van der Waals surface area contributed by atoms with Gasteiger partial charge in [-0.3, -0.25) is 20.3 Å². The van der Waals surface area contributed by atoms with Crippen LogP contribution in [0.25, 0.3) is 0 Å². The third-order valence-electron chi connectivity index (χ3n) is 5.87. The molecule has 234 valence electrons. The molecule has 3 fully saturated rings.